The third-order valence-electron chi connectivity index (χ3n) is 8.46. The molecule has 3 aliphatic rings. The van der Waals surface area contributed by atoms with Crippen LogP contribution in [0.1, 0.15) is 51.4 Å². The third-order valence-corrected chi connectivity index (χ3v) is 8.46. The fourth-order valence-electron chi connectivity index (χ4n) is 5.64. The highest BCUT2D eigenvalue weighted by Crippen LogP contribution is 2.33. The molecule has 0 radical (unpaired) electrons. The van der Waals surface area contributed by atoms with Gasteiger partial charge in [-0.25, -0.2) is 0 Å². The second kappa shape index (κ2) is 19.4. The summed E-state index contributed by atoms with van der Waals surface area (Å²) in [5, 5.41) is 103. The Morgan fingerprint density at radius 2 is 0.844 bits per heavy atom. The fourth-order valence-corrected chi connectivity index (χ4v) is 5.64. The lowest BCUT2D eigenvalue weighted by molar-refractivity contribution is -0.393. The second-order valence-corrected chi connectivity index (χ2v) is 11.8. The maximum absolute atomic E-state index is 11.0. The van der Waals surface area contributed by atoms with Crippen molar-refractivity contribution in [3.63, 3.8) is 0 Å². The molecule has 266 valence electrons. The van der Waals surface area contributed by atoms with Gasteiger partial charge in [-0.3, -0.25) is 0 Å². The number of unbranched alkanes of at least 4 members (excludes halogenated alkanes) is 7. The summed E-state index contributed by atoms with van der Waals surface area (Å²) in [5.41, 5.74) is 5.51. The molecule has 0 aromatic rings. The Kier molecular flexibility index (Phi) is 16.7. The van der Waals surface area contributed by atoms with E-state index >= 15 is 0 Å². The summed E-state index contributed by atoms with van der Waals surface area (Å²) in [6.45, 7) is -1.30. The molecule has 0 saturated carbocycles. The van der Waals surface area contributed by atoms with E-state index in [9.17, 15) is 51.1 Å². The van der Waals surface area contributed by atoms with Gasteiger partial charge in [-0.1, -0.05) is 38.5 Å². The van der Waals surface area contributed by atoms with E-state index in [1.165, 1.54) is 0 Å². The molecule has 3 saturated heterocycles. The van der Waals surface area contributed by atoms with Crippen LogP contribution in [0.5, 0.6) is 0 Å². The van der Waals surface area contributed by atoms with Gasteiger partial charge in [0.2, 0.25) is 0 Å². The first-order valence-corrected chi connectivity index (χ1v) is 15.8. The third kappa shape index (κ3) is 10.2. The number of aliphatic hydroxyl groups is 10. The predicted octanol–water partition coefficient (Wildman–Crippen LogP) is -4.47. The summed E-state index contributed by atoms with van der Waals surface area (Å²) in [6, 6.07) is 0. The zero-order valence-corrected chi connectivity index (χ0v) is 25.4. The molecular formula is C28H53NO16. The van der Waals surface area contributed by atoms with Crippen LogP contribution in [0.4, 0.5) is 0 Å². The van der Waals surface area contributed by atoms with Crippen molar-refractivity contribution in [3.8, 4) is 0 Å². The van der Waals surface area contributed by atoms with E-state index in [1.807, 2.05) is 0 Å². The lowest BCUT2D eigenvalue weighted by Crippen LogP contribution is -2.67. The van der Waals surface area contributed by atoms with E-state index in [4.69, 9.17) is 34.2 Å². The zero-order chi connectivity index (χ0) is 33.1. The maximum atomic E-state index is 11.0. The van der Waals surface area contributed by atoms with Crippen molar-refractivity contribution in [2.75, 3.05) is 33.0 Å². The van der Waals surface area contributed by atoms with Crippen LogP contribution < -0.4 is 5.73 Å². The van der Waals surface area contributed by atoms with Crippen molar-refractivity contribution in [1.29, 1.82) is 0 Å². The van der Waals surface area contributed by atoms with Crippen LogP contribution >= 0.6 is 0 Å². The number of nitrogens with two attached hydrogens (primary N) is 1. The molecule has 3 fully saturated rings. The van der Waals surface area contributed by atoms with E-state index in [0.717, 1.165) is 44.9 Å². The minimum absolute atomic E-state index is 0.176. The summed E-state index contributed by atoms with van der Waals surface area (Å²) in [7, 11) is 0. The Labute approximate surface area is 262 Å². The predicted molar refractivity (Wildman–Crippen MR) is 151 cm³/mol. The lowest BCUT2D eigenvalue weighted by atomic mass is 9.96. The summed E-state index contributed by atoms with van der Waals surface area (Å²) < 4.78 is 34.1. The average molecular weight is 660 g/mol. The molecule has 3 aliphatic heterocycles. The molecule has 17 nitrogen and oxygen atoms in total. The molecular weight excluding hydrogens is 606 g/mol. The Bertz CT molecular complexity index is 815. The summed E-state index contributed by atoms with van der Waals surface area (Å²) in [5.74, 6) is 0. The molecule has 12 N–H and O–H groups in total. The molecule has 0 aromatic carbocycles. The van der Waals surface area contributed by atoms with Gasteiger partial charge in [-0.15, -0.1) is 0 Å². The first kappa shape index (κ1) is 38.8. The molecule has 0 amide bonds. The van der Waals surface area contributed by atoms with Gasteiger partial charge in [-0.2, -0.15) is 0 Å². The Morgan fingerprint density at radius 1 is 0.444 bits per heavy atom. The smallest absolute Gasteiger partial charge is 0.187 e. The van der Waals surface area contributed by atoms with Crippen LogP contribution in [0.25, 0.3) is 0 Å². The highest BCUT2D eigenvalue weighted by molar-refractivity contribution is 4.96. The van der Waals surface area contributed by atoms with E-state index in [1.54, 1.807) is 0 Å². The van der Waals surface area contributed by atoms with Gasteiger partial charge in [0.1, 0.15) is 73.2 Å². The van der Waals surface area contributed by atoms with E-state index < -0.39 is 112 Å². The molecule has 3 rings (SSSR count). The second-order valence-electron chi connectivity index (χ2n) is 11.8. The highest BCUT2D eigenvalue weighted by Gasteiger charge is 2.54. The number of rotatable bonds is 18. The van der Waals surface area contributed by atoms with Crippen LogP contribution in [0.15, 0.2) is 0 Å². The maximum Gasteiger partial charge on any atom is 0.187 e. The molecule has 0 aromatic heterocycles. The molecule has 17 heteroatoms. The highest BCUT2D eigenvalue weighted by atomic mass is 16.8. The number of hydrogen-bond donors (Lipinski definition) is 11. The van der Waals surface area contributed by atoms with Gasteiger partial charge < -0.3 is 85.2 Å². The van der Waals surface area contributed by atoms with Crippen molar-refractivity contribution < 1.29 is 79.5 Å². The van der Waals surface area contributed by atoms with Crippen molar-refractivity contribution in [2.24, 2.45) is 5.73 Å². The van der Waals surface area contributed by atoms with E-state index in [0.29, 0.717) is 13.0 Å². The number of hydrogen-bond acceptors (Lipinski definition) is 17. The Hall–Kier alpha value is -0.680. The largest absolute Gasteiger partial charge is 0.394 e. The Balaban J connectivity index is 1.70. The summed E-state index contributed by atoms with van der Waals surface area (Å²) in [4.78, 5) is 0. The first-order valence-electron chi connectivity index (χ1n) is 15.8. The molecule has 6 unspecified atom stereocenters. The summed E-state index contributed by atoms with van der Waals surface area (Å²) in [6.07, 6.45) is -16.4. The number of ether oxygens (including phenoxy) is 6. The van der Waals surface area contributed by atoms with Gasteiger partial charge in [-0.05, 0) is 19.4 Å². The standard InChI is InChI=1S/C28H53NO16/c29-9-7-5-3-1-2-4-6-8-10-40-27-24(21(37)18(34)15(12-31)42-27)45-28-25(22(38)19(35)16(13-32)43-28)44-26-23(39)20(36)17(33)14(11-30)41-26/h14-28,30-39H,1-13,29H2/t14?,15?,16?,17-,18-,19-,20+,21+,22+,23?,24?,25?,26+,27+,28-/m1/s1. The number of aliphatic hydroxyl groups excluding tert-OH is 10. The van der Waals surface area contributed by atoms with Gasteiger partial charge >= 0.3 is 0 Å². The lowest BCUT2D eigenvalue weighted by Gasteiger charge is -2.48. The van der Waals surface area contributed by atoms with E-state index in [2.05, 4.69) is 0 Å². The van der Waals surface area contributed by atoms with Crippen LogP contribution in [0.2, 0.25) is 0 Å². The van der Waals surface area contributed by atoms with Crippen molar-refractivity contribution in [1.82, 2.24) is 0 Å². The van der Waals surface area contributed by atoms with Crippen LogP contribution in [0.3, 0.4) is 0 Å². The monoisotopic (exact) mass is 659 g/mol. The molecule has 45 heavy (non-hydrogen) atoms. The quantitative estimate of drug-likeness (QED) is 0.0619. The fraction of sp³-hybridized carbons (Fsp3) is 1.00. The average Bonchev–Trinajstić information content (AvgIpc) is 3.04. The van der Waals surface area contributed by atoms with Gasteiger partial charge in [0.05, 0.1) is 19.8 Å². The Morgan fingerprint density at radius 3 is 1.36 bits per heavy atom. The molecule has 3 heterocycles. The van der Waals surface area contributed by atoms with Crippen LogP contribution in [-0.4, -0.2) is 176 Å². The van der Waals surface area contributed by atoms with Crippen LogP contribution in [-0.2, 0) is 28.4 Å². The van der Waals surface area contributed by atoms with Gasteiger partial charge in [0.15, 0.2) is 18.9 Å². The van der Waals surface area contributed by atoms with Crippen LogP contribution in [0, 0.1) is 0 Å². The molecule has 15 atom stereocenters. The SMILES string of the molecule is NCCCCCCCCCCO[C@H]1OC(CO)[C@@H](O)[C@H](O)C1O[C@H]1OC(CO)[C@@H](O)[C@H](O)C1O[C@@H]1OC(CO)[C@@H](O)[C@H](O)C1O. The van der Waals surface area contributed by atoms with Crippen molar-refractivity contribution in [2.45, 2.75) is 143 Å². The minimum atomic E-state index is -1.87. The molecule has 0 bridgehead atoms. The van der Waals surface area contributed by atoms with Gasteiger partial charge in [0.25, 0.3) is 0 Å². The zero-order valence-electron chi connectivity index (χ0n) is 25.4. The minimum Gasteiger partial charge on any atom is -0.394 e. The van der Waals surface area contributed by atoms with E-state index in [-0.39, 0.29) is 6.61 Å². The topological polar surface area (TPSA) is 284 Å². The molecule has 0 spiro atoms. The van der Waals surface area contributed by atoms with Gasteiger partial charge in [0, 0.05) is 6.61 Å². The first-order chi connectivity index (χ1) is 21.6. The van der Waals surface area contributed by atoms with Crippen molar-refractivity contribution in [3.05, 3.63) is 0 Å². The normalized spacial score (nSPS) is 42.6. The molecule has 0 aliphatic carbocycles. The summed E-state index contributed by atoms with van der Waals surface area (Å²) >= 11 is 0. The van der Waals surface area contributed by atoms with Crippen molar-refractivity contribution >= 4 is 0 Å².